The third-order valence-corrected chi connectivity index (χ3v) is 3.95. The van der Waals surface area contributed by atoms with E-state index in [2.05, 4.69) is 5.32 Å². The number of hydrogen-bond acceptors (Lipinski definition) is 5. The maximum Gasteiger partial charge on any atom is 0.407 e. The summed E-state index contributed by atoms with van der Waals surface area (Å²) in [5.74, 6) is -1.09. The normalized spacial score (nSPS) is 24.8. The van der Waals surface area contributed by atoms with Gasteiger partial charge in [0, 0.05) is 6.54 Å². The van der Waals surface area contributed by atoms with Crippen LogP contribution in [-0.2, 0) is 14.3 Å². The highest BCUT2D eigenvalue weighted by molar-refractivity contribution is 6.07. The Balaban J connectivity index is 2.08. The van der Waals surface area contributed by atoms with Gasteiger partial charge < -0.3 is 20.1 Å². The largest absolute Gasteiger partial charge is 0.465 e. The van der Waals surface area contributed by atoms with Crippen LogP contribution in [0.4, 0.5) is 9.59 Å². The van der Waals surface area contributed by atoms with Crippen molar-refractivity contribution in [1.29, 1.82) is 0 Å². The van der Waals surface area contributed by atoms with Gasteiger partial charge in [-0.2, -0.15) is 0 Å². The maximum absolute atomic E-state index is 12.6. The van der Waals surface area contributed by atoms with Gasteiger partial charge >= 0.3 is 18.1 Å². The van der Waals surface area contributed by atoms with Crippen molar-refractivity contribution in [2.45, 2.75) is 39.2 Å². The summed E-state index contributed by atoms with van der Waals surface area (Å²) in [6, 6.07) is -0.677. The van der Waals surface area contributed by atoms with Crippen LogP contribution < -0.4 is 5.32 Å². The number of nitrogens with one attached hydrogen (secondary N) is 1. The molecule has 0 aromatic heterocycles. The Hall–Kier alpha value is -2.32. The molecule has 0 radical (unpaired) electrons. The molecule has 0 bridgehead atoms. The Bertz CT molecular complexity index is 555. The van der Waals surface area contributed by atoms with E-state index in [1.807, 2.05) is 0 Å². The number of amides is 4. The van der Waals surface area contributed by atoms with Gasteiger partial charge in [-0.3, -0.25) is 9.59 Å². The van der Waals surface area contributed by atoms with Crippen molar-refractivity contribution in [1.82, 2.24) is 15.1 Å². The average Bonchev–Trinajstić information content (AvgIpc) is 2.66. The van der Waals surface area contributed by atoms with E-state index in [1.54, 1.807) is 20.8 Å². The van der Waals surface area contributed by atoms with Crippen molar-refractivity contribution in [2.75, 3.05) is 19.8 Å². The third-order valence-electron chi connectivity index (χ3n) is 3.95. The van der Waals surface area contributed by atoms with Gasteiger partial charge in [0.1, 0.15) is 5.54 Å². The van der Waals surface area contributed by atoms with Crippen LogP contribution in [0.5, 0.6) is 0 Å². The summed E-state index contributed by atoms with van der Waals surface area (Å²) in [5, 5.41) is 11.6. The number of urea groups is 1. The molecule has 0 aromatic rings. The Morgan fingerprint density at radius 3 is 2.57 bits per heavy atom. The predicted octanol–water partition coefficient (Wildman–Crippen LogP) is 0.598. The number of carboxylic acid groups (broad SMARTS) is 1. The number of imide groups is 1. The number of carbonyl (C=O) groups is 4. The summed E-state index contributed by atoms with van der Waals surface area (Å²) in [5.41, 5.74) is -2.01. The molecule has 9 nitrogen and oxygen atoms in total. The lowest BCUT2D eigenvalue weighted by Gasteiger charge is -2.36. The molecule has 2 fully saturated rings. The van der Waals surface area contributed by atoms with Gasteiger partial charge in [-0.1, -0.05) is 0 Å². The van der Waals surface area contributed by atoms with Crippen LogP contribution in [0, 0.1) is 5.41 Å². The molecule has 0 saturated carbocycles. The van der Waals surface area contributed by atoms with Crippen LogP contribution in [0.2, 0.25) is 0 Å². The van der Waals surface area contributed by atoms with Crippen LogP contribution in [0.25, 0.3) is 0 Å². The van der Waals surface area contributed by atoms with E-state index in [0.717, 1.165) is 9.80 Å². The molecule has 2 saturated heterocycles. The van der Waals surface area contributed by atoms with Gasteiger partial charge in [0.2, 0.25) is 0 Å². The molecule has 0 unspecified atom stereocenters. The van der Waals surface area contributed by atoms with E-state index in [4.69, 9.17) is 9.84 Å². The second-order valence-corrected chi connectivity index (χ2v) is 6.86. The second kappa shape index (κ2) is 5.71. The van der Waals surface area contributed by atoms with Crippen molar-refractivity contribution in [2.24, 2.45) is 5.41 Å². The lowest BCUT2D eigenvalue weighted by atomic mass is 9.89. The Morgan fingerprint density at radius 2 is 2.00 bits per heavy atom. The first-order chi connectivity index (χ1) is 10.6. The zero-order valence-electron chi connectivity index (χ0n) is 13.4. The predicted molar refractivity (Wildman–Crippen MR) is 77.4 cm³/mol. The standard InChI is InChI=1S/C14H21N3O6/c1-13(2,3)10(19)23-8-17-9(18)14(15-11(17)20)5-4-6-16(7-14)12(21)22/h4-8H2,1-3H3,(H,15,20)(H,21,22)/t14-/m1/s1. The monoisotopic (exact) mass is 327 g/mol. The number of likely N-dealkylation sites (tertiary alicyclic amines) is 1. The molecule has 1 atom stereocenters. The lowest BCUT2D eigenvalue weighted by Crippen LogP contribution is -2.59. The smallest absolute Gasteiger partial charge is 0.407 e. The van der Waals surface area contributed by atoms with Gasteiger partial charge in [0.05, 0.1) is 12.0 Å². The average molecular weight is 327 g/mol. The Labute approximate surface area is 133 Å². The molecule has 2 aliphatic rings. The summed E-state index contributed by atoms with van der Waals surface area (Å²) < 4.78 is 5.01. The molecular formula is C14H21N3O6. The van der Waals surface area contributed by atoms with E-state index >= 15 is 0 Å². The SMILES string of the molecule is CC(C)(C)C(=O)OCN1C(=O)N[C@@]2(CCCN(C(=O)O)C2)C1=O. The summed E-state index contributed by atoms with van der Waals surface area (Å²) in [6.07, 6.45) is -0.317. The van der Waals surface area contributed by atoms with Crippen LogP contribution >= 0.6 is 0 Å². The quantitative estimate of drug-likeness (QED) is 0.566. The summed E-state index contributed by atoms with van der Waals surface area (Å²) >= 11 is 0. The molecule has 9 heteroatoms. The van der Waals surface area contributed by atoms with Gasteiger partial charge in [-0.25, -0.2) is 14.5 Å². The topological polar surface area (TPSA) is 116 Å². The number of hydrogen-bond donors (Lipinski definition) is 2. The molecule has 0 aliphatic carbocycles. The number of piperidine rings is 1. The zero-order valence-corrected chi connectivity index (χ0v) is 13.4. The number of nitrogens with zero attached hydrogens (tertiary/aromatic N) is 2. The molecule has 128 valence electrons. The minimum atomic E-state index is -1.26. The van der Waals surface area contributed by atoms with Gasteiger partial charge in [-0.15, -0.1) is 0 Å². The first-order valence-electron chi connectivity index (χ1n) is 7.36. The molecule has 2 heterocycles. The molecule has 23 heavy (non-hydrogen) atoms. The van der Waals surface area contributed by atoms with Gasteiger partial charge in [-0.05, 0) is 33.6 Å². The number of ether oxygens (including phenoxy) is 1. The summed E-state index contributed by atoms with van der Waals surface area (Å²) in [4.78, 5) is 49.4. The Morgan fingerprint density at radius 1 is 1.35 bits per heavy atom. The lowest BCUT2D eigenvalue weighted by molar-refractivity contribution is -0.158. The van der Waals surface area contributed by atoms with Crippen molar-refractivity contribution >= 4 is 24.0 Å². The van der Waals surface area contributed by atoms with E-state index in [-0.39, 0.29) is 6.54 Å². The maximum atomic E-state index is 12.6. The highest BCUT2D eigenvalue weighted by Crippen LogP contribution is 2.28. The first-order valence-corrected chi connectivity index (χ1v) is 7.36. The molecule has 1 spiro atoms. The van der Waals surface area contributed by atoms with Gasteiger partial charge in [0.15, 0.2) is 6.73 Å². The minimum Gasteiger partial charge on any atom is -0.465 e. The molecule has 2 N–H and O–H groups in total. The molecule has 2 rings (SSSR count). The van der Waals surface area contributed by atoms with Crippen LogP contribution in [0.3, 0.4) is 0 Å². The van der Waals surface area contributed by atoms with Gasteiger partial charge in [0.25, 0.3) is 5.91 Å². The summed E-state index contributed by atoms with van der Waals surface area (Å²) in [6.45, 7) is 4.73. The third kappa shape index (κ3) is 3.22. The van der Waals surface area contributed by atoms with Crippen LogP contribution in [0.15, 0.2) is 0 Å². The van der Waals surface area contributed by atoms with Crippen LogP contribution in [0.1, 0.15) is 33.6 Å². The fraction of sp³-hybridized carbons (Fsp3) is 0.714. The number of carbonyl (C=O) groups excluding carboxylic acids is 3. The van der Waals surface area contributed by atoms with E-state index in [0.29, 0.717) is 19.4 Å². The number of rotatable bonds is 2. The Kier molecular flexibility index (Phi) is 4.23. The highest BCUT2D eigenvalue weighted by atomic mass is 16.5. The highest BCUT2D eigenvalue weighted by Gasteiger charge is 2.54. The van der Waals surface area contributed by atoms with E-state index in [9.17, 15) is 19.2 Å². The van der Waals surface area contributed by atoms with Crippen molar-refractivity contribution in [3.05, 3.63) is 0 Å². The fourth-order valence-electron chi connectivity index (χ4n) is 2.63. The minimum absolute atomic E-state index is 0.101. The first kappa shape index (κ1) is 17.0. The van der Waals surface area contributed by atoms with E-state index in [1.165, 1.54) is 0 Å². The second-order valence-electron chi connectivity index (χ2n) is 6.86. The zero-order chi connectivity index (χ0) is 17.4. The molecule has 4 amide bonds. The fourth-order valence-corrected chi connectivity index (χ4v) is 2.63. The molecule has 0 aromatic carbocycles. The molecule has 2 aliphatic heterocycles. The van der Waals surface area contributed by atoms with Crippen molar-refractivity contribution < 1.29 is 29.0 Å². The van der Waals surface area contributed by atoms with E-state index < -0.39 is 41.7 Å². The van der Waals surface area contributed by atoms with Crippen molar-refractivity contribution in [3.8, 4) is 0 Å². The number of esters is 1. The van der Waals surface area contributed by atoms with Crippen LogP contribution in [-0.4, -0.2) is 64.3 Å². The van der Waals surface area contributed by atoms with Crippen molar-refractivity contribution in [3.63, 3.8) is 0 Å². The molecular weight excluding hydrogens is 306 g/mol. The summed E-state index contributed by atoms with van der Waals surface area (Å²) in [7, 11) is 0.